The fourth-order valence-electron chi connectivity index (χ4n) is 0.820. The highest BCUT2D eigenvalue weighted by Gasteiger charge is 2.11. The molecule has 0 unspecified atom stereocenters. The zero-order chi connectivity index (χ0) is 10.6. The van der Waals surface area contributed by atoms with Gasteiger partial charge in [0.05, 0.1) is 14.2 Å². The summed E-state index contributed by atoms with van der Waals surface area (Å²) in [4.78, 5) is 22.0. The van der Waals surface area contributed by atoms with Gasteiger partial charge >= 0.3 is 0 Å². The summed E-state index contributed by atoms with van der Waals surface area (Å²) in [5, 5.41) is 0. The Morgan fingerprint density at radius 2 is 1.43 bits per heavy atom. The van der Waals surface area contributed by atoms with Crippen molar-refractivity contribution < 1.29 is 19.6 Å². The average Bonchev–Trinajstić information content (AvgIpc) is 2.14. The Bertz CT molecular complexity index is 291. The van der Waals surface area contributed by atoms with Gasteiger partial charge in [-0.15, -0.1) is 0 Å². The first-order valence-corrected chi connectivity index (χ1v) is 3.66. The minimum Gasteiger partial charge on any atom is -0.380 e. The van der Waals surface area contributed by atoms with E-state index in [9.17, 15) is 0 Å². The van der Waals surface area contributed by atoms with Crippen LogP contribution in [0.1, 0.15) is 0 Å². The van der Waals surface area contributed by atoms with Gasteiger partial charge in [-0.2, -0.15) is 9.78 Å². The van der Waals surface area contributed by atoms with Crippen LogP contribution in [0.25, 0.3) is 0 Å². The second-order valence-corrected chi connectivity index (χ2v) is 2.26. The molecule has 0 aliphatic rings. The molecule has 0 atom stereocenters. The SMILES string of the molecule is COOc1cc(OOC)c(N)nc1N. The molecular formula is C7H11N3O4. The summed E-state index contributed by atoms with van der Waals surface area (Å²) in [6, 6.07) is 1.41. The molecule has 14 heavy (non-hydrogen) atoms. The predicted octanol–water partition coefficient (Wildman–Crippen LogP) is 0.126. The zero-order valence-corrected chi connectivity index (χ0v) is 7.81. The zero-order valence-electron chi connectivity index (χ0n) is 7.81. The summed E-state index contributed by atoms with van der Waals surface area (Å²) in [5.41, 5.74) is 11.0. The smallest absolute Gasteiger partial charge is 0.211 e. The third kappa shape index (κ3) is 2.15. The van der Waals surface area contributed by atoms with E-state index in [-0.39, 0.29) is 23.1 Å². The number of anilines is 2. The van der Waals surface area contributed by atoms with E-state index in [0.29, 0.717) is 0 Å². The molecule has 1 heterocycles. The van der Waals surface area contributed by atoms with Gasteiger partial charge in [0, 0.05) is 6.07 Å². The van der Waals surface area contributed by atoms with E-state index in [0.717, 1.165) is 0 Å². The van der Waals surface area contributed by atoms with Crippen molar-refractivity contribution in [2.75, 3.05) is 25.7 Å². The number of nitrogen functional groups attached to an aromatic ring is 2. The van der Waals surface area contributed by atoms with Gasteiger partial charge in [0.2, 0.25) is 11.5 Å². The molecule has 7 nitrogen and oxygen atoms in total. The Morgan fingerprint density at radius 3 is 1.79 bits per heavy atom. The van der Waals surface area contributed by atoms with Crippen molar-refractivity contribution in [3.05, 3.63) is 6.07 Å². The van der Waals surface area contributed by atoms with Crippen LogP contribution in [0.3, 0.4) is 0 Å². The number of hydrogen-bond donors (Lipinski definition) is 2. The van der Waals surface area contributed by atoms with E-state index in [1.54, 1.807) is 0 Å². The second-order valence-electron chi connectivity index (χ2n) is 2.26. The first kappa shape index (κ1) is 10.4. The normalized spacial score (nSPS) is 9.86. The van der Waals surface area contributed by atoms with Crippen molar-refractivity contribution >= 4 is 11.6 Å². The number of nitrogens with two attached hydrogens (primary N) is 2. The van der Waals surface area contributed by atoms with E-state index in [4.69, 9.17) is 21.2 Å². The van der Waals surface area contributed by atoms with Crippen molar-refractivity contribution in [1.29, 1.82) is 0 Å². The maximum absolute atomic E-state index is 5.48. The third-order valence-corrected chi connectivity index (χ3v) is 1.35. The van der Waals surface area contributed by atoms with Crippen LogP contribution < -0.4 is 21.2 Å². The van der Waals surface area contributed by atoms with Gasteiger partial charge in [-0.25, -0.2) is 4.98 Å². The largest absolute Gasteiger partial charge is 0.380 e. The molecule has 0 spiro atoms. The topological polar surface area (TPSA) is 102 Å². The van der Waals surface area contributed by atoms with Crippen molar-refractivity contribution in [1.82, 2.24) is 4.98 Å². The number of aromatic nitrogens is 1. The molecule has 1 aromatic heterocycles. The molecule has 0 aliphatic heterocycles. The first-order chi connectivity index (χ1) is 6.69. The monoisotopic (exact) mass is 201 g/mol. The van der Waals surface area contributed by atoms with Gasteiger partial charge in [0.1, 0.15) is 0 Å². The quantitative estimate of drug-likeness (QED) is 0.527. The Balaban J connectivity index is 3.00. The van der Waals surface area contributed by atoms with Crippen molar-refractivity contribution in [3.63, 3.8) is 0 Å². The minimum atomic E-state index is 0.104. The van der Waals surface area contributed by atoms with Crippen LogP contribution in [-0.2, 0) is 9.78 Å². The maximum atomic E-state index is 5.48. The van der Waals surface area contributed by atoms with Crippen LogP contribution in [0, 0.1) is 0 Å². The molecule has 78 valence electrons. The number of pyridine rings is 1. The highest BCUT2D eigenvalue weighted by atomic mass is 17.2. The van der Waals surface area contributed by atoms with E-state index >= 15 is 0 Å². The van der Waals surface area contributed by atoms with Crippen LogP contribution in [0.2, 0.25) is 0 Å². The molecule has 7 heteroatoms. The van der Waals surface area contributed by atoms with Crippen LogP contribution in [0.15, 0.2) is 6.07 Å². The van der Waals surface area contributed by atoms with Crippen LogP contribution in [-0.4, -0.2) is 19.2 Å². The molecule has 4 N–H and O–H groups in total. The Morgan fingerprint density at radius 1 is 1.00 bits per heavy atom. The van der Waals surface area contributed by atoms with E-state index in [1.807, 2.05) is 0 Å². The molecule has 0 bridgehead atoms. The third-order valence-electron chi connectivity index (χ3n) is 1.35. The predicted molar refractivity (Wildman–Crippen MR) is 48.3 cm³/mol. The van der Waals surface area contributed by atoms with Gasteiger partial charge < -0.3 is 21.2 Å². The fourth-order valence-corrected chi connectivity index (χ4v) is 0.820. The number of rotatable bonds is 4. The molecule has 0 aromatic carbocycles. The van der Waals surface area contributed by atoms with E-state index < -0.39 is 0 Å². The summed E-state index contributed by atoms with van der Waals surface area (Å²) < 4.78 is 0. The molecule has 0 radical (unpaired) electrons. The van der Waals surface area contributed by atoms with Gasteiger partial charge in [-0.1, -0.05) is 0 Å². The molecule has 1 aromatic rings. The minimum absolute atomic E-state index is 0.104. The van der Waals surface area contributed by atoms with Crippen LogP contribution in [0.4, 0.5) is 11.6 Å². The molecule has 0 saturated heterocycles. The van der Waals surface area contributed by atoms with Crippen LogP contribution in [0.5, 0.6) is 11.5 Å². The Kier molecular flexibility index (Phi) is 3.32. The van der Waals surface area contributed by atoms with E-state index in [1.165, 1.54) is 20.3 Å². The lowest BCUT2D eigenvalue weighted by molar-refractivity contribution is -0.183. The van der Waals surface area contributed by atoms with Crippen molar-refractivity contribution in [2.45, 2.75) is 0 Å². The second kappa shape index (κ2) is 4.49. The van der Waals surface area contributed by atoms with Gasteiger partial charge in [-0.05, 0) is 0 Å². The van der Waals surface area contributed by atoms with E-state index in [2.05, 4.69) is 14.8 Å². The molecule has 1 rings (SSSR count). The molecular weight excluding hydrogens is 190 g/mol. The fraction of sp³-hybridized carbons (Fsp3) is 0.286. The first-order valence-electron chi connectivity index (χ1n) is 3.66. The molecule has 0 amide bonds. The summed E-state index contributed by atoms with van der Waals surface area (Å²) in [7, 11) is 2.68. The lowest BCUT2D eigenvalue weighted by atomic mass is 10.4. The van der Waals surface area contributed by atoms with Gasteiger partial charge in [-0.3, -0.25) is 0 Å². The summed E-state index contributed by atoms with van der Waals surface area (Å²) in [5.74, 6) is 0.614. The molecule has 0 aliphatic carbocycles. The highest BCUT2D eigenvalue weighted by Crippen LogP contribution is 2.29. The van der Waals surface area contributed by atoms with Gasteiger partial charge in [0.15, 0.2) is 11.6 Å². The van der Waals surface area contributed by atoms with Crippen molar-refractivity contribution in [3.8, 4) is 11.5 Å². The lowest BCUT2D eigenvalue weighted by Gasteiger charge is -2.08. The molecule has 0 saturated carbocycles. The summed E-state index contributed by atoms with van der Waals surface area (Å²) in [6.45, 7) is 0. The summed E-state index contributed by atoms with van der Waals surface area (Å²) >= 11 is 0. The van der Waals surface area contributed by atoms with Crippen molar-refractivity contribution in [2.24, 2.45) is 0 Å². The highest BCUT2D eigenvalue weighted by molar-refractivity contribution is 5.58. The standard InChI is InChI=1S/C7H11N3O4/c1-11-13-4-3-5(14-12-2)7(9)10-6(4)8/h3H,1-2H3,(H4,8,9,10). The Hall–Kier alpha value is -1.73. The summed E-state index contributed by atoms with van der Waals surface area (Å²) in [6.07, 6.45) is 0. The van der Waals surface area contributed by atoms with Crippen LogP contribution >= 0.6 is 0 Å². The molecule has 0 fully saturated rings. The number of hydrogen-bond acceptors (Lipinski definition) is 7. The lowest BCUT2D eigenvalue weighted by Crippen LogP contribution is -2.04. The van der Waals surface area contributed by atoms with Gasteiger partial charge in [0.25, 0.3) is 0 Å². The maximum Gasteiger partial charge on any atom is 0.211 e. The average molecular weight is 201 g/mol. The number of nitrogens with zero attached hydrogens (tertiary/aromatic N) is 1. The Labute approximate surface area is 80.4 Å².